The van der Waals surface area contributed by atoms with Crippen molar-refractivity contribution >= 4 is 5.91 Å². The quantitative estimate of drug-likeness (QED) is 0.806. The van der Waals surface area contributed by atoms with Gasteiger partial charge in [-0.15, -0.1) is 0 Å². The standard InChI is InChI=1S/C17H14N2O2/c20-9-3-6-13-10-18-8-7-16(13)17(21)19-11-14-4-1-2-5-15(14)12-19/h1-2,4-5,7-8,10,20H,9,11-12H2. The number of benzene rings is 1. The summed E-state index contributed by atoms with van der Waals surface area (Å²) in [6.07, 6.45) is 3.14. The summed E-state index contributed by atoms with van der Waals surface area (Å²) >= 11 is 0. The molecule has 1 N–H and O–H groups in total. The molecular weight excluding hydrogens is 264 g/mol. The fraction of sp³-hybridized carbons (Fsp3) is 0.176. The molecule has 0 saturated carbocycles. The van der Waals surface area contributed by atoms with Crippen LogP contribution in [0.1, 0.15) is 27.0 Å². The first-order chi connectivity index (χ1) is 10.3. The molecule has 2 heterocycles. The van der Waals surface area contributed by atoms with Crippen LogP contribution in [-0.2, 0) is 13.1 Å². The van der Waals surface area contributed by atoms with Crippen molar-refractivity contribution in [3.63, 3.8) is 0 Å². The first kappa shape index (κ1) is 13.3. The molecule has 1 aromatic heterocycles. The van der Waals surface area contributed by atoms with Crippen LogP contribution in [0.15, 0.2) is 42.7 Å². The minimum absolute atomic E-state index is 0.0594. The molecular formula is C17H14N2O2. The van der Waals surface area contributed by atoms with Gasteiger partial charge in [0.1, 0.15) is 6.61 Å². The van der Waals surface area contributed by atoms with E-state index < -0.39 is 0 Å². The van der Waals surface area contributed by atoms with Gasteiger partial charge in [0.15, 0.2) is 0 Å². The number of aliphatic hydroxyl groups excluding tert-OH is 1. The zero-order valence-corrected chi connectivity index (χ0v) is 11.4. The Labute approximate surface area is 123 Å². The molecule has 0 spiro atoms. The maximum absolute atomic E-state index is 12.7. The van der Waals surface area contributed by atoms with E-state index in [-0.39, 0.29) is 12.5 Å². The summed E-state index contributed by atoms with van der Waals surface area (Å²) in [5.41, 5.74) is 3.44. The predicted molar refractivity (Wildman–Crippen MR) is 78.2 cm³/mol. The van der Waals surface area contributed by atoms with Crippen LogP contribution in [0.4, 0.5) is 0 Å². The molecule has 1 aromatic carbocycles. The molecule has 0 bridgehead atoms. The molecule has 0 saturated heterocycles. The molecule has 1 amide bonds. The Morgan fingerprint density at radius 1 is 1.24 bits per heavy atom. The summed E-state index contributed by atoms with van der Waals surface area (Å²) < 4.78 is 0. The Morgan fingerprint density at radius 3 is 2.62 bits per heavy atom. The molecule has 1 aliphatic heterocycles. The third-order valence-corrected chi connectivity index (χ3v) is 3.48. The smallest absolute Gasteiger partial charge is 0.255 e. The molecule has 0 fully saturated rings. The van der Waals surface area contributed by atoms with Crippen LogP contribution < -0.4 is 0 Å². The van der Waals surface area contributed by atoms with Gasteiger partial charge < -0.3 is 10.0 Å². The molecule has 2 aromatic rings. The number of carbonyl (C=O) groups is 1. The number of amides is 1. The number of aromatic nitrogens is 1. The van der Waals surface area contributed by atoms with Crippen molar-refractivity contribution in [1.82, 2.24) is 9.88 Å². The lowest BCUT2D eigenvalue weighted by Gasteiger charge is -2.16. The lowest BCUT2D eigenvalue weighted by Crippen LogP contribution is -2.26. The first-order valence-corrected chi connectivity index (χ1v) is 6.69. The van der Waals surface area contributed by atoms with Gasteiger partial charge in [-0.2, -0.15) is 0 Å². The number of hydrogen-bond acceptors (Lipinski definition) is 3. The second kappa shape index (κ2) is 5.78. The van der Waals surface area contributed by atoms with Gasteiger partial charge in [-0.25, -0.2) is 0 Å². The lowest BCUT2D eigenvalue weighted by molar-refractivity contribution is 0.0751. The first-order valence-electron chi connectivity index (χ1n) is 6.69. The van der Waals surface area contributed by atoms with E-state index in [1.807, 2.05) is 24.3 Å². The number of aliphatic hydroxyl groups is 1. The van der Waals surface area contributed by atoms with Gasteiger partial charge in [-0.3, -0.25) is 9.78 Å². The maximum Gasteiger partial charge on any atom is 0.255 e. The fourth-order valence-corrected chi connectivity index (χ4v) is 2.46. The van der Waals surface area contributed by atoms with Crippen LogP contribution in [-0.4, -0.2) is 27.5 Å². The highest BCUT2D eigenvalue weighted by Gasteiger charge is 2.25. The number of rotatable bonds is 1. The molecule has 104 valence electrons. The Hall–Kier alpha value is -2.64. The summed E-state index contributed by atoms with van der Waals surface area (Å²) in [6, 6.07) is 9.73. The van der Waals surface area contributed by atoms with E-state index in [0.717, 1.165) is 0 Å². The largest absolute Gasteiger partial charge is 0.384 e. The number of fused-ring (bicyclic) bond motifs is 1. The molecule has 1 aliphatic rings. The third kappa shape index (κ3) is 2.64. The second-order valence-corrected chi connectivity index (χ2v) is 4.81. The maximum atomic E-state index is 12.7. The molecule has 0 radical (unpaired) electrons. The summed E-state index contributed by atoms with van der Waals surface area (Å²) in [4.78, 5) is 18.5. The summed E-state index contributed by atoms with van der Waals surface area (Å²) in [6.45, 7) is 0.992. The van der Waals surface area contributed by atoms with E-state index in [4.69, 9.17) is 5.11 Å². The van der Waals surface area contributed by atoms with E-state index in [2.05, 4.69) is 16.8 Å². The Balaban J connectivity index is 1.88. The summed E-state index contributed by atoms with van der Waals surface area (Å²) in [7, 11) is 0. The highest BCUT2D eigenvalue weighted by molar-refractivity contribution is 5.96. The lowest BCUT2D eigenvalue weighted by atomic mass is 10.1. The molecule has 0 unspecified atom stereocenters. The number of carbonyl (C=O) groups excluding carboxylic acids is 1. The van der Waals surface area contributed by atoms with Crippen molar-refractivity contribution in [2.45, 2.75) is 13.1 Å². The minimum atomic E-state index is -0.238. The Bertz CT molecular complexity index is 719. The van der Waals surface area contributed by atoms with Gasteiger partial charge >= 0.3 is 0 Å². The zero-order chi connectivity index (χ0) is 14.7. The van der Waals surface area contributed by atoms with Gasteiger partial charge in [0.05, 0.1) is 11.1 Å². The average molecular weight is 278 g/mol. The van der Waals surface area contributed by atoms with Crippen molar-refractivity contribution in [3.8, 4) is 11.8 Å². The SMILES string of the molecule is O=C(c1ccncc1C#CCO)N1Cc2ccccc2C1. The predicted octanol–water partition coefficient (Wildman–Crippen LogP) is 1.58. The minimum Gasteiger partial charge on any atom is -0.384 e. The van der Waals surface area contributed by atoms with Crippen LogP contribution in [0.3, 0.4) is 0 Å². The monoisotopic (exact) mass is 278 g/mol. The van der Waals surface area contributed by atoms with Crippen molar-refractivity contribution in [3.05, 3.63) is 65.0 Å². The molecule has 21 heavy (non-hydrogen) atoms. The van der Waals surface area contributed by atoms with Crippen LogP contribution >= 0.6 is 0 Å². The van der Waals surface area contributed by atoms with Crippen molar-refractivity contribution in [2.24, 2.45) is 0 Å². The van der Waals surface area contributed by atoms with Gasteiger partial charge in [-0.05, 0) is 17.2 Å². The summed E-state index contributed by atoms with van der Waals surface area (Å²) in [5.74, 6) is 5.28. The van der Waals surface area contributed by atoms with Crippen molar-refractivity contribution in [1.29, 1.82) is 0 Å². The van der Waals surface area contributed by atoms with Crippen LogP contribution in [0.5, 0.6) is 0 Å². The van der Waals surface area contributed by atoms with Gasteiger partial charge in [0.25, 0.3) is 5.91 Å². The van der Waals surface area contributed by atoms with Crippen LogP contribution in [0.2, 0.25) is 0 Å². The van der Waals surface area contributed by atoms with Gasteiger partial charge in [0.2, 0.25) is 0 Å². The third-order valence-electron chi connectivity index (χ3n) is 3.48. The van der Waals surface area contributed by atoms with Gasteiger partial charge in [-0.1, -0.05) is 36.1 Å². The van der Waals surface area contributed by atoms with E-state index in [1.54, 1.807) is 23.4 Å². The molecule has 0 atom stereocenters. The van der Waals surface area contributed by atoms with Crippen molar-refractivity contribution in [2.75, 3.05) is 6.61 Å². The molecule has 4 nitrogen and oxygen atoms in total. The van der Waals surface area contributed by atoms with E-state index >= 15 is 0 Å². The molecule has 4 heteroatoms. The molecule has 0 aliphatic carbocycles. The topological polar surface area (TPSA) is 53.4 Å². The van der Waals surface area contributed by atoms with Crippen molar-refractivity contribution < 1.29 is 9.90 Å². The highest BCUT2D eigenvalue weighted by Crippen LogP contribution is 2.24. The van der Waals surface area contributed by atoms with E-state index in [9.17, 15) is 4.79 Å². The average Bonchev–Trinajstić information content (AvgIpc) is 2.96. The fourth-order valence-electron chi connectivity index (χ4n) is 2.46. The second-order valence-electron chi connectivity index (χ2n) is 4.81. The number of hydrogen-bond donors (Lipinski definition) is 1. The zero-order valence-electron chi connectivity index (χ0n) is 11.4. The van der Waals surface area contributed by atoms with Gasteiger partial charge in [0, 0.05) is 25.5 Å². The normalized spacial score (nSPS) is 12.5. The Morgan fingerprint density at radius 2 is 1.95 bits per heavy atom. The molecule has 3 rings (SSSR count). The van der Waals surface area contributed by atoms with Crippen LogP contribution in [0.25, 0.3) is 0 Å². The van der Waals surface area contributed by atoms with E-state index in [0.29, 0.717) is 24.2 Å². The van der Waals surface area contributed by atoms with E-state index in [1.165, 1.54) is 11.1 Å². The Kier molecular flexibility index (Phi) is 3.67. The highest BCUT2D eigenvalue weighted by atomic mass is 16.2. The summed E-state index contributed by atoms with van der Waals surface area (Å²) in [5, 5.41) is 8.80. The van der Waals surface area contributed by atoms with Crippen LogP contribution in [0, 0.1) is 11.8 Å². The number of pyridine rings is 1. The number of nitrogens with zero attached hydrogens (tertiary/aromatic N) is 2.